The number of esters is 3. The summed E-state index contributed by atoms with van der Waals surface area (Å²) >= 11 is 0. The maximum Gasteiger partial charge on any atom is 0.306 e. The predicted molar refractivity (Wildman–Crippen MR) is 289 cm³/mol. The molecule has 0 spiro atoms. The van der Waals surface area contributed by atoms with Gasteiger partial charge in [0.1, 0.15) is 13.2 Å². The molecule has 0 aliphatic carbocycles. The van der Waals surface area contributed by atoms with E-state index in [1.165, 1.54) is 205 Å². The van der Waals surface area contributed by atoms with Crippen molar-refractivity contribution in [2.75, 3.05) is 13.2 Å². The van der Waals surface area contributed by atoms with Crippen LogP contribution in [0.15, 0.2) is 36.5 Å². The summed E-state index contributed by atoms with van der Waals surface area (Å²) in [5.74, 6) is -0.875. The van der Waals surface area contributed by atoms with Gasteiger partial charge in [0.2, 0.25) is 0 Å². The van der Waals surface area contributed by atoms with E-state index in [1.807, 2.05) is 0 Å². The fourth-order valence-electron chi connectivity index (χ4n) is 8.59. The number of carbonyl (C=O) groups excluding carboxylic acids is 3. The van der Waals surface area contributed by atoms with Gasteiger partial charge in [0.15, 0.2) is 6.10 Å². The summed E-state index contributed by atoms with van der Waals surface area (Å²) in [4.78, 5) is 38.1. The Morgan fingerprint density at radius 2 is 0.507 bits per heavy atom. The molecular weight excluding hydrogens is 829 g/mol. The van der Waals surface area contributed by atoms with Gasteiger partial charge >= 0.3 is 17.9 Å². The number of ether oxygens (including phenoxy) is 3. The Morgan fingerprint density at radius 1 is 0.284 bits per heavy atom. The van der Waals surface area contributed by atoms with Crippen molar-refractivity contribution in [3.05, 3.63) is 36.5 Å². The number of unbranched alkanes of at least 4 members (excludes halogenated alkanes) is 37. The highest BCUT2D eigenvalue weighted by Gasteiger charge is 2.19. The third-order valence-electron chi connectivity index (χ3n) is 13.1. The van der Waals surface area contributed by atoms with Crippen molar-refractivity contribution in [3.63, 3.8) is 0 Å². The van der Waals surface area contributed by atoms with E-state index < -0.39 is 6.10 Å². The first-order chi connectivity index (χ1) is 33.0. The maximum atomic E-state index is 12.8. The molecule has 1 atom stereocenters. The largest absolute Gasteiger partial charge is 0.462 e. The molecule has 0 rings (SSSR count). The minimum atomic E-state index is -0.776. The summed E-state index contributed by atoms with van der Waals surface area (Å²) in [7, 11) is 0. The Labute approximate surface area is 416 Å². The topological polar surface area (TPSA) is 78.9 Å². The molecule has 0 bridgehead atoms. The van der Waals surface area contributed by atoms with Crippen molar-refractivity contribution in [2.45, 2.75) is 322 Å². The first kappa shape index (κ1) is 64.6. The van der Waals surface area contributed by atoms with Crippen LogP contribution in [0.1, 0.15) is 316 Å². The van der Waals surface area contributed by atoms with Gasteiger partial charge in [-0.05, 0) is 89.9 Å². The van der Waals surface area contributed by atoms with Crippen LogP contribution in [-0.4, -0.2) is 37.2 Å². The van der Waals surface area contributed by atoms with Crippen molar-refractivity contribution in [1.29, 1.82) is 0 Å². The van der Waals surface area contributed by atoms with Gasteiger partial charge < -0.3 is 14.2 Å². The molecule has 0 amide bonds. The third-order valence-corrected chi connectivity index (χ3v) is 13.1. The van der Waals surface area contributed by atoms with E-state index in [9.17, 15) is 14.4 Å². The van der Waals surface area contributed by atoms with Crippen molar-refractivity contribution >= 4 is 17.9 Å². The molecule has 0 aromatic heterocycles. The fourth-order valence-corrected chi connectivity index (χ4v) is 8.59. The van der Waals surface area contributed by atoms with Crippen LogP contribution in [0.5, 0.6) is 0 Å². The summed E-state index contributed by atoms with van der Waals surface area (Å²) in [6, 6.07) is 0. The second-order valence-electron chi connectivity index (χ2n) is 19.9. The van der Waals surface area contributed by atoms with Crippen molar-refractivity contribution in [2.24, 2.45) is 0 Å². The first-order valence-electron chi connectivity index (χ1n) is 29.5. The summed E-state index contributed by atoms with van der Waals surface area (Å²) in [5.41, 5.74) is 0. The molecule has 0 unspecified atom stereocenters. The summed E-state index contributed by atoms with van der Waals surface area (Å²) < 4.78 is 16.9. The Bertz CT molecular complexity index is 1130. The van der Waals surface area contributed by atoms with Gasteiger partial charge in [-0.15, -0.1) is 0 Å². The van der Waals surface area contributed by atoms with E-state index in [0.29, 0.717) is 19.3 Å². The highest BCUT2D eigenvalue weighted by Crippen LogP contribution is 2.16. The van der Waals surface area contributed by atoms with Crippen molar-refractivity contribution in [3.8, 4) is 0 Å². The lowest BCUT2D eigenvalue weighted by atomic mass is 10.0. The second-order valence-corrected chi connectivity index (χ2v) is 19.9. The van der Waals surface area contributed by atoms with Crippen LogP contribution in [0.4, 0.5) is 0 Å². The van der Waals surface area contributed by atoms with Gasteiger partial charge in [0.05, 0.1) is 0 Å². The standard InChI is InChI=1S/C61H112O6/c1-4-7-10-13-16-19-22-24-26-28-29-30-31-33-35-37-40-42-45-48-51-54-60(63)66-57-58(67-61(64)55-52-49-46-43-38-21-18-15-12-9-6-3)56-65-59(62)53-50-47-44-41-39-36-34-32-27-25-23-20-17-14-11-8-5-2/h15,18,24-27,58H,4-14,16-17,19-23,28-57H2,1-3H3/b18-15-,26-24-,27-25-/t58-/m0/s1. The van der Waals surface area contributed by atoms with E-state index in [2.05, 4.69) is 57.2 Å². The molecule has 0 saturated heterocycles. The molecule has 0 fully saturated rings. The zero-order valence-corrected chi connectivity index (χ0v) is 44.9. The van der Waals surface area contributed by atoms with E-state index in [0.717, 1.165) is 70.6 Å². The Morgan fingerprint density at radius 3 is 0.791 bits per heavy atom. The number of hydrogen-bond acceptors (Lipinski definition) is 6. The molecule has 0 aliphatic rings. The zero-order chi connectivity index (χ0) is 48.6. The van der Waals surface area contributed by atoms with E-state index in [-0.39, 0.29) is 31.1 Å². The molecule has 392 valence electrons. The minimum Gasteiger partial charge on any atom is -0.462 e. The molecule has 0 heterocycles. The Balaban J connectivity index is 4.26. The molecule has 0 radical (unpaired) electrons. The normalized spacial score (nSPS) is 12.2. The molecule has 6 nitrogen and oxygen atoms in total. The number of carbonyl (C=O) groups is 3. The Kier molecular flexibility index (Phi) is 54.2. The molecular formula is C61H112O6. The average molecular weight is 942 g/mol. The van der Waals surface area contributed by atoms with Crippen molar-refractivity contribution in [1.82, 2.24) is 0 Å². The number of hydrogen-bond donors (Lipinski definition) is 0. The van der Waals surface area contributed by atoms with Gasteiger partial charge in [-0.2, -0.15) is 0 Å². The maximum absolute atomic E-state index is 12.8. The molecule has 0 aromatic carbocycles. The predicted octanol–water partition coefficient (Wildman–Crippen LogP) is 19.7. The highest BCUT2D eigenvalue weighted by molar-refractivity contribution is 5.71. The lowest BCUT2D eigenvalue weighted by Gasteiger charge is -2.18. The smallest absolute Gasteiger partial charge is 0.306 e. The average Bonchev–Trinajstić information content (AvgIpc) is 3.33. The fraction of sp³-hybridized carbons (Fsp3) is 0.852. The summed E-state index contributed by atoms with van der Waals surface area (Å²) in [6.45, 7) is 6.62. The van der Waals surface area contributed by atoms with Crippen LogP contribution >= 0.6 is 0 Å². The first-order valence-corrected chi connectivity index (χ1v) is 29.5. The lowest BCUT2D eigenvalue weighted by molar-refractivity contribution is -0.167. The van der Waals surface area contributed by atoms with E-state index in [4.69, 9.17) is 14.2 Å². The Hall–Kier alpha value is -2.37. The summed E-state index contributed by atoms with van der Waals surface area (Å²) in [5, 5.41) is 0. The van der Waals surface area contributed by atoms with Gasteiger partial charge in [-0.1, -0.05) is 243 Å². The van der Waals surface area contributed by atoms with E-state index >= 15 is 0 Å². The molecule has 0 aliphatic heterocycles. The number of allylic oxidation sites excluding steroid dienone is 6. The third kappa shape index (κ3) is 54.4. The van der Waals surface area contributed by atoms with Gasteiger partial charge in [-0.25, -0.2) is 0 Å². The minimum absolute atomic E-state index is 0.0749. The monoisotopic (exact) mass is 941 g/mol. The summed E-state index contributed by atoms with van der Waals surface area (Å²) in [6.07, 6.45) is 67.1. The quantitative estimate of drug-likeness (QED) is 0.0262. The van der Waals surface area contributed by atoms with Crippen LogP contribution in [0, 0.1) is 0 Å². The van der Waals surface area contributed by atoms with Crippen LogP contribution in [0.25, 0.3) is 0 Å². The second kappa shape index (κ2) is 56.2. The zero-order valence-electron chi connectivity index (χ0n) is 44.9. The lowest BCUT2D eigenvalue weighted by Crippen LogP contribution is -2.30. The number of rotatable bonds is 54. The molecule has 67 heavy (non-hydrogen) atoms. The van der Waals surface area contributed by atoms with Gasteiger partial charge in [0.25, 0.3) is 0 Å². The van der Waals surface area contributed by atoms with Crippen LogP contribution in [0.2, 0.25) is 0 Å². The molecule has 0 aromatic rings. The SMILES string of the molecule is CCCC/C=C\CCCCCCCC(=O)O[C@@H](COC(=O)CCCCCCCCC/C=C\CCCCCCCC)COC(=O)CCCCCCCCCCCCC/C=C\CCCCCCCC. The highest BCUT2D eigenvalue weighted by atomic mass is 16.6. The van der Waals surface area contributed by atoms with Crippen LogP contribution < -0.4 is 0 Å². The molecule has 0 N–H and O–H groups in total. The van der Waals surface area contributed by atoms with Crippen LogP contribution in [-0.2, 0) is 28.6 Å². The van der Waals surface area contributed by atoms with Crippen molar-refractivity contribution < 1.29 is 28.6 Å². The molecule has 6 heteroatoms. The van der Waals surface area contributed by atoms with Crippen LogP contribution in [0.3, 0.4) is 0 Å². The van der Waals surface area contributed by atoms with Gasteiger partial charge in [0, 0.05) is 19.3 Å². The van der Waals surface area contributed by atoms with E-state index in [1.54, 1.807) is 0 Å². The van der Waals surface area contributed by atoms with Gasteiger partial charge in [-0.3, -0.25) is 14.4 Å². The molecule has 0 saturated carbocycles.